The van der Waals surface area contributed by atoms with Gasteiger partial charge in [-0.15, -0.1) is 0 Å². The maximum atomic E-state index is 14.3. The molecule has 1 N–H and O–H groups in total. The Morgan fingerprint density at radius 2 is 2.08 bits per heavy atom. The third-order valence-corrected chi connectivity index (χ3v) is 9.76. The number of rotatable bonds is 5. The van der Waals surface area contributed by atoms with E-state index in [1.807, 2.05) is 6.07 Å². The minimum absolute atomic E-state index is 0.0914. The number of ether oxygens (including phenoxy) is 1. The Kier molecular flexibility index (Phi) is 6.04. The van der Waals surface area contributed by atoms with Crippen molar-refractivity contribution < 1.29 is 19.0 Å². The number of hydrogen-bond acceptors (Lipinski definition) is 6. The lowest BCUT2D eigenvalue weighted by atomic mass is 9.95. The van der Waals surface area contributed by atoms with Crippen molar-refractivity contribution in [3.05, 3.63) is 27.7 Å². The van der Waals surface area contributed by atoms with Gasteiger partial charge in [-0.25, -0.2) is 9.18 Å². The summed E-state index contributed by atoms with van der Waals surface area (Å²) in [7, 11) is 0. The van der Waals surface area contributed by atoms with Crippen molar-refractivity contribution >= 4 is 56.4 Å². The molecule has 4 fully saturated rings. The van der Waals surface area contributed by atoms with Crippen molar-refractivity contribution in [2.45, 2.75) is 55.9 Å². The summed E-state index contributed by atoms with van der Waals surface area (Å²) >= 11 is 10.3. The van der Waals surface area contributed by atoms with E-state index in [1.54, 1.807) is 11.0 Å². The summed E-state index contributed by atoms with van der Waals surface area (Å²) in [6.07, 6.45) is 4.04. The van der Waals surface area contributed by atoms with E-state index in [0.29, 0.717) is 53.5 Å². The first kappa shape index (κ1) is 24.2. The molecular formula is C25H28BrClFN5O3. The lowest BCUT2D eigenvalue weighted by Gasteiger charge is -2.40. The highest BCUT2D eigenvalue weighted by atomic mass is 79.9. The Morgan fingerprint density at radius 1 is 1.33 bits per heavy atom. The van der Waals surface area contributed by atoms with Crippen LogP contribution in [-0.2, 0) is 0 Å². The predicted molar refractivity (Wildman–Crippen MR) is 140 cm³/mol. The average Bonchev–Trinajstić information content (AvgIpc) is 3.47. The lowest BCUT2D eigenvalue weighted by molar-refractivity contribution is 0.107. The first-order valence-corrected chi connectivity index (χ1v) is 13.6. The zero-order valence-corrected chi connectivity index (χ0v) is 22.1. The van der Waals surface area contributed by atoms with Gasteiger partial charge in [0.05, 0.1) is 28.2 Å². The fourth-order valence-corrected chi connectivity index (χ4v) is 7.39. The van der Waals surface area contributed by atoms with Gasteiger partial charge in [-0.3, -0.25) is 9.80 Å². The Labute approximate surface area is 222 Å². The number of alkyl halides is 1. The minimum atomic E-state index is -0.872. The minimum Gasteiger partial charge on any atom is -0.465 e. The van der Waals surface area contributed by atoms with Gasteiger partial charge in [0.2, 0.25) is 0 Å². The molecule has 2 aromatic rings. The van der Waals surface area contributed by atoms with Gasteiger partial charge in [-0.05, 0) is 59.8 Å². The third kappa shape index (κ3) is 3.83. The molecular weight excluding hydrogens is 553 g/mol. The number of amides is 1. The molecule has 4 saturated heterocycles. The maximum absolute atomic E-state index is 14.3. The van der Waals surface area contributed by atoms with Crippen LogP contribution in [0.2, 0.25) is 5.02 Å². The fraction of sp³-hybridized carbons (Fsp3) is 0.560. The molecule has 0 radical (unpaired) electrons. The summed E-state index contributed by atoms with van der Waals surface area (Å²) < 4.78 is 21.2. The van der Waals surface area contributed by atoms with Crippen molar-refractivity contribution in [1.82, 2.24) is 19.8 Å². The van der Waals surface area contributed by atoms with Gasteiger partial charge in [0.15, 0.2) is 0 Å². The molecule has 1 aromatic carbocycles. The number of anilines is 1. The quantitative estimate of drug-likeness (QED) is 0.535. The maximum Gasteiger partial charge on any atom is 0.407 e. The number of fused-ring (bicyclic) bond motifs is 4. The molecule has 4 aliphatic rings. The number of carbonyl (C=O) groups is 1. The Morgan fingerprint density at radius 3 is 2.78 bits per heavy atom. The lowest BCUT2D eigenvalue weighted by Crippen LogP contribution is -2.55. The van der Waals surface area contributed by atoms with Crippen LogP contribution in [0.25, 0.3) is 17.0 Å². The molecule has 11 heteroatoms. The molecule has 4 atom stereocenters. The van der Waals surface area contributed by atoms with Crippen molar-refractivity contribution in [3.8, 4) is 6.01 Å². The average molecular weight is 581 g/mol. The molecule has 192 valence electrons. The van der Waals surface area contributed by atoms with E-state index in [0.717, 1.165) is 43.2 Å². The summed E-state index contributed by atoms with van der Waals surface area (Å²) in [5, 5.41) is 10.9. The fourth-order valence-electron chi connectivity index (χ4n) is 6.68. The third-order valence-electron chi connectivity index (χ3n) is 8.31. The van der Waals surface area contributed by atoms with Crippen LogP contribution in [0.3, 0.4) is 0 Å². The highest BCUT2D eigenvalue weighted by molar-refractivity contribution is 9.10. The van der Waals surface area contributed by atoms with E-state index < -0.39 is 12.3 Å². The van der Waals surface area contributed by atoms with Crippen LogP contribution < -0.4 is 9.64 Å². The molecule has 36 heavy (non-hydrogen) atoms. The highest BCUT2D eigenvalue weighted by Crippen LogP contribution is 2.42. The van der Waals surface area contributed by atoms with Crippen LogP contribution in [0.4, 0.5) is 15.0 Å². The van der Waals surface area contributed by atoms with Gasteiger partial charge in [-0.2, -0.15) is 9.97 Å². The molecule has 4 aliphatic heterocycles. The van der Waals surface area contributed by atoms with E-state index >= 15 is 0 Å². The van der Waals surface area contributed by atoms with E-state index in [-0.39, 0.29) is 23.6 Å². The summed E-state index contributed by atoms with van der Waals surface area (Å²) in [6, 6.07) is 1.97. The topological polar surface area (TPSA) is 82.0 Å². The first-order valence-electron chi connectivity index (χ1n) is 12.4. The molecule has 8 nitrogen and oxygen atoms in total. The monoisotopic (exact) mass is 579 g/mol. The smallest absolute Gasteiger partial charge is 0.407 e. The number of aromatic nitrogens is 2. The van der Waals surface area contributed by atoms with Crippen molar-refractivity contribution in [2.75, 3.05) is 37.7 Å². The summed E-state index contributed by atoms with van der Waals surface area (Å²) in [6.45, 7) is 6.62. The number of halogens is 3. The van der Waals surface area contributed by atoms with Crippen molar-refractivity contribution in [1.29, 1.82) is 0 Å². The number of hydrogen-bond donors (Lipinski definition) is 1. The van der Waals surface area contributed by atoms with Gasteiger partial charge in [0.25, 0.3) is 0 Å². The molecule has 0 unspecified atom stereocenters. The van der Waals surface area contributed by atoms with Crippen LogP contribution in [0, 0.1) is 0 Å². The molecule has 5 heterocycles. The van der Waals surface area contributed by atoms with E-state index in [9.17, 15) is 14.3 Å². The van der Waals surface area contributed by atoms with E-state index in [4.69, 9.17) is 21.3 Å². The van der Waals surface area contributed by atoms with Crippen molar-refractivity contribution in [2.24, 2.45) is 0 Å². The second kappa shape index (κ2) is 8.99. The second-order valence-electron chi connectivity index (χ2n) is 10.4. The van der Waals surface area contributed by atoms with Crippen molar-refractivity contribution in [3.63, 3.8) is 0 Å². The molecule has 0 spiro atoms. The summed E-state index contributed by atoms with van der Waals surface area (Å²) in [4.78, 5) is 27.2. The largest absolute Gasteiger partial charge is 0.465 e. The van der Waals surface area contributed by atoms with Crippen LogP contribution in [-0.4, -0.2) is 87.5 Å². The SMILES string of the molecule is C=Cc1cc2c(N3C[C@H]4CC[C@@H](C3)N4C(=O)O)nc(OC[C@@]34CCCN3C[C@H](F)C4)nc2c(Cl)c1Br. The highest BCUT2D eigenvalue weighted by Gasteiger charge is 2.49. The Hall–Kier alpha value is -2.17. The Bertz CT molecular complexity index is 1240. The van der Waals surface area contributed by atoms with Gasteiger partial charge < -0.3 is 14.7 Å². The van der Waals surface area contributed by atoms with E-state index in [1.165, 1.54) is 0 Å². The zero-order chi connectivity index (χ0) is 25.2. The predicted octanol–water partition coefficient (Wildman–Crippen LogP) is 4.97. The molecule has 0 aliphatic carbocycles. The number of piperazine rings is 1. The van der Waals surface area contributed by atoms with Gasteiger partial charge in [0.1, 0.15) is 18.6 Å². The molecule has 1 aromatic heterocycles. The van der Waals surface area contributed by atoms with Crippen LogP contribution in [0.15, 0.2) is 17.1 Å². The van der Waals surface area contributed by atoms with Crippen LogP contribution in [0.5, 0.6) is 6.01 Å². The molecule has 6 rings (SSSR count). The van der Waals surface area contributed by atoms with Crippen LogP contribution in [0.1, 0.15) is 37.7 Å². The van der Waals surface area contributed by atoms with Gasteiger partial charge >= 0.3 is 12.1 Å². The second-order valence-corrected chi connectivity index (χ2v) is 11.5. The molecule has 2 bridgehead atoms. The summed E-state index contributed by atoms with van der Waals surface area (Å²) in [5.41, 5.74) is 1.05. The normalized spacial score (nSPS) is 29.7. The standard InChI is InChI=1S/C25H28BrClFN5O3/c1-2-14-8-18-21(20(27)19(14)26)29-23(36-13-25-6-3-7-32(25)10-15(28)9-25)30-22(18)31-11-16-4-5-17(12-31)33(16)24(34)35/h2,8,15-17H,1,3-7,9-13H2,(H,34,35)/t15-,16-,17+,25+/m1/s1. The first-order chi connectivity index (χ1) is 17.3. The number of carboxylic acid groups (broad SMARTS) is 1. The number of benzene rings is 1. The summed E-state index contributed by atoms with van der Waals surface area (Å²) in [5.74, 6) is 0.671. The van der Waals surface area contributed by atoms with Crippen LogP contribution >= 0.6 is 27.5 Å². The Balaban J connectivity index is 1.39. The van der Waals surface area contributed by atoms with Gasteiger partial charge in [0, 0.05) is 35.9 Å². The number of nitrogens with zero attached hydrogens (tertiary/aromatic N) is 5. The molecule has 1 amide bonds. The zero-order valence-electron chi connectivity index (χ0n) is 19.8. The van der Waals surface area contributed by atoms with E-state index in [2.05, 4.69) is 37.3 Å². The van der Waals surface area contributed by atoms with Gasteiger partial charge in [-0.1, -0.05) is 24.3 Å². The molecule has 0 saturated carbocycles.